The molecule has 0 atom stereocenters. The molecule has 2 rings (SSSR count). The molecule has 6 heteroatoms. The second kappa shape index (κ2) is 7.82. The van der Waals surface area contributed by atoms with Crippen LogP contribution in [0, 0.1) is 11.8 Å². The van der Waals surface area contributed by atoms with Crippen LogP contribution >= 0.6 is 0 Å². The zero-order valence-electron chi connectivity index (χ0n) is 11.5. The molecule has 0 saturated heterocycles. The second-order valence-corrected chi connectivity index (χ2v) is 4.31. The lowest BCUT2D eigenvalue weighted by Crippen LogP contribution is -2.14. The molecule has 0 aliphatic carbocycles. The molecule has 1 aromatic heterocycles. The number of nitrogens with one attached hydrogen (secondary N) is 1. The van der Waals surface area contributed by atoms with E-state index in [9.17, 15) is 4.79 Å². The molecule has 0 bridgehead atoms. The minimum absolute atomic E-state index is 0.0473. The van der Waals surface area contributed by atoms with E-state index in [1.54, 1.807) is 17.1 Å². The topological polar surface area (TPSA) is 80.0 Å². The summed E-state index contributed by atoms with van der Waals surface area (Å²) in [5.74, 6) is 5.68. The van der Waals surface area contributed by atoms with E-state index in [-0.39, 0.29) is 12.5 Å². The third-order valence-corrected chi connectivity index (χ3v) is 2.65. The van der Waals surface area contributed by atoms with E-state index in [4.69, 9.17) is 5.11 Å². The van der Waals surface area contributed by atoms with E-state index in [1.165, 1.54) is 6.33 Å². The van der Waals surface area contributed by atoms with Gasteiger partial charge in [-0.15, -0.1) is 0 Å². The molecule has 2 N–H and O–H groups in total. The summed E-state index contributed by atoms with van der Waals surface area (Å²) >= 11 is 0. The van der Waals surface area contributed by atoms with Crippen molar-refractivity contribution in [3.05, 3.63) is 42.5 Å². The Hall–Kier alpha value is -2.65. The number of aryl methyl sites for hydroxylation is 1. The third-order valence-electron chi connectivity index (χ3n) is 2.65. The fourth-order valence-corrected chi connectivity index (χ4v) is 1.68. The van der Waals surface area contributed by atoms with Crippen LogP contribution in [-0.2, 0) is 11.3 Å². The van der Waals surface area contributed by atoms with Gasteiger partial charge in [0, 0.05) is 24.1 Å². The lowest BCUT2D eigenvalue weighted by Gasteiger charge is -2.05. The summed E-state index contributed by atoms with van der Waals surface area (Å²) in [5.41, 5.74) is 1.51. The maximum Gasteiger partial charge on any atom is 0.226 e. The SMILES string of the molecule is O=C(CCn1cncn1)Nc1cccc(C#CCCO)c1. The van der Waals surface area contributed by atoms with Crippen LogP contribution < -0.4 is 5.32 Å². The monoisotopic (exact) mass is 284 g/mol. The molecule has 1 aromatic carbocycles. The van der Waals surface area contributed by atoms with Crippen molar-refractivity contribution < 1.29 is 9.90 Å². The van der Waals surface area contributed by atoms with E-state index in [0.29, 0.717) is 25.1 Å². The third kappa shape index (κ3) is 5.09. The van der Waals surface area contributed by atoms with Gasteiger partial charge >= 0.3 is 0 Å². The molecule has 0 radical (unpaired) electrons. The van der Waals surface area contributed by atoms with Crippen LogP contribution in [-0.4, -0.2) is 32.4 Å². The Balaban J connectivity index is 1.88. The molecule has 1 heterocycles. The summed E-state index contributed by atoms with van der Waals surface area (Å²) in [6.07, 6.45) is 3.77. The lowest BCUT2D eigenvalue weighted by molar-refractivity contribution is -0.116. The highest BCUT2D eigenvalue weighted by Gasteiger charge is 2.03. The fourth-order valence-electron chi connectivity index (χ4n) is 1.68. The number of carbonyl (C=O) groups is 1. The summed E-state index contributed by atoms with van der Waals surface area (Å²) < 4.78 is 1.61. The minimum atomic E-state index is -0.0917. The molecule has 0 aliphatic rings. The first-order chi connectivity index (χ1) is 10.3. The predicted molar refractivity (Wildman–Crippen MR) is 78.3 cm³/mol. The summed E-state index contributed by atoms with van der Waals surface area (Å²) in [6, 6.07) is 7.30. The van der Waals surface area contributed by atoms with Crippen molar-refractivity contribution >= 4 is 11.6 Å². The number of hydrogen-bond acceptors (Lipinski definition) is 4. The highest BCUT2D eigenvalue weighted by molar-refractivity contribution is 5.90. The zero-order chi connectivity index (χ0) is 14.9. The number of aromatic nitrogens is 3. The molecule has 0 unspecified atom stereocenters. The van der Waals surface area contributed by atoms with E-state index in [0.717, 1.165) is 5.56 Å². The van der Waals surface area contributed by atoms with Crippen molar-refractivity contribution in [2.45, 2.75) is 19.4 Å². The van der Waals surface area contributed by atoms with Gasteiger partial charge in [-0.2, -0.15) is 5.10 Å². The van der Waals surface area contributed by atoms with Crippen LogP contribution in [0.15, 0.2) is 36.9 Å². The van der Waals surface area contributed by atoms with Crippen LogP contribution in [0.2, 0.25) is 0 Å². The first-order valence-electron chi connectivity index (χ1n) is 6.60. The Bertz CT molecular complexity index is 641. The van der Waals surface area contributed by atoms with Crippen LogP contribution in [0.25, 0.3) is 0 Å². The fraction of sp³-hybridized carbons (Fsp3) is 0.267. The molecule has 2 aromatic rings. The lowest BCUT2D eigenvalue weighted by atomic mass is 10.2. The maximum absolute atomic E-state index is 11.8. The molecule has 0 fully saturated rings. The van der Waals surface area contributed by atoms with Crippen LogP contribution in [0.1, 0.15) is 18.4 Å². The molecule has 0 aliphatic heterocycles. The van der Waals surface area contributed by atoms with Gasteiger partial charge in [-0.1, -0.05) is 17.9 Å². The van der Waals surface area contributed by atoms with Gasteiger partial charge in [0.15, 0.2) is 0 Å². The number of benzene rings is 1. The normalized spacial score (nSPS) is 9.76. The van der Waals surface area contributed by atoms with Gasteiger partial charge in [-0.25, -0.2) is 4.98 Å². The first kappa shape index (κ1) is 14.8. The Labute approximate surface area is 122 Å². The van der Waals surface area contributed by atoms with Crippen LogP contribution in [0.3, 0.4) is 0 Å². The Morgan fingerprint density at radius 1 is 1.43 bits per heavy atom. The number of rotatable bonds is 5. The van der Waals surface area contributed by atoms with Crippen molar-refractivity contribution in [1.29, 1.82) is 0 Å². The number of amides is 1. The molecule has 21 heavy (non-hydrogen) atoms. The minimum Gasteiger partial charge on any atom is -0.395 e. The maximum atomic E-state index is 11.8. The van der Waals surface area contributed by atoms with Gasteiger partial charge < -0.3 is 10.4 Å². The summed E-state index contributed by atoms with van der Waals surface area (Å²) in [5, 5.41) is 15.4. The molecule has 0 saturated carbocycles. The molecular formula is C15H16N4O2. The molecule has 6 nitrogen and oxygen atoms in total. The largest absolute Gasteiger partial charge is 0.395 e. The molecule has 0 spiro atoms. The summed E-state index contributed by atoms with van der Waals surface area (Å²) in [7, 11) is 0. The summed E-state index contributed by atoms with van der Waals surface area (Å²) in [4.78, 5) is 15.7. The smallest absolute Gasteiger partial charge is 0.226 e. The average Bonchev–Trinajstić information content (AvgIpc) is 2.99. The van der Waals surface area contributed by atoms with Gasteiger partial charge in [0.05, 0.1) is 13.2 Å². The van der Waals surface area contributed by atoms with Crippen molar-refractivity contribution in [3.63, 3.8) is 0 Å². The van der Waals surface area contributed by atoms with Crippen molar-refractivity contribution in [1.82, 2.24) is 14.8 Å². The number of hydrogen-bond donors (Lipinski definition) is 2. The number of aliphatic hydroxyl groups excluding tert-OH is 1. The van der Waals surface area contributed by atoms with E-state index in [1.807, 2.05) is 18.2 Å². The van der Waals surface area contributed by atoms with Crippen molar-refractivity contribution in [2.24, 2.45) is 0 Å². The van der Waals surface area contributed by atoms with E-state index >= 15 is 0 Å². The van der Waals surface area contributed by atoms with Gasteiger partial charge in [0.25, 0.3) is 0 Å². The number of aliphatic hydroxyl groups is 1. The van der Waals surface area contributed by atoms with E-state index in [2.05, 4.69) is 27.2 Å². The highest BCUT2D eigenvalue weighted by atomic mass is 16.2. The molecule has 108 valence electrons. The van der Waals surface area contributed by atoms with Gasteiger partial charge in [0.1, 0.15) is 12.7 Å². The Morgan fingerprint density at radius 3 is 3.10 bits per heavy atom. The average molecular weight is 284 g/mol. The molecular weight excluding hydrogens is 268 g/mol. The van der Waals surface area contributed by atoms with Crippen molar-refractivity contribution in [2.75, 3.05) is 11.9 Å². The second-order valence-electron chi connectivity index (χ2n) is 4.31. The number of anilines is 1. The number of carbonyl (C=O) groups excluding carboxylic acids is 1. The predicted octanol–water partition coefficient (Wildman–Crippen LogP) is 1.04. The molecule has 1 amide bonds. The van der Waals surface area contributed by atoms with Gasteiger partial charge in [-0.05, 0) is 18.2 Å². The quantitative estimate of drug-likeness (QED) is 0.804. The van der Waals surface area contributed by atoms with E-state index < -0.39 is 0 Å². The summed E-state index contributed by atoms with van der Waals surface area (Å²) in [6.45, 7) is 0.535. The van der Waals surface area contributed by atoms with Crippen molar-refractivity contribution in [3.8, 4) is 11.8 Å². The Morgan fingerprint density at radius 2 is 2.33 bits per heavy atom. The zero-order valence-corrected chi connectivity index (χ0v) is 11.5. The first-order valence-corrected chi connectivity index (χ1v) is 6.60. The Kier molecular flexibility index (Phi) is 5.50. The van der Waals surface area contributed by atoms with Gasteiger partial charge in [0.2, 0.25) is 5.91 Å². The highest BCUT2D eigenvalue weighted by Crippen LogP contribution is 2.10. The van der Waals surface area contributed by atoms with Crippen LogP contribution in [0.5, 0.6) is 0 Å². The number of nitrogens with zero attached hydrogens (tertiary/aromatic N) is 3. The van der Waals surface area contributed by atoms with Crippen LogP contribution in [0.4, 0.5) is 5.69 Å². The van der Waals surface area contributed by atoms with Gasteiger partial charge in [-0.3, -0.25) is 9.48 Å². The standard InChI is InChI=1S/C15H16N4O2/c20-9-2-1-4-13-5-3-6-14(10-13)18-15(21)7-8-19-12-16-11-17-19/h3,5-6,10-12,20H,2,7-9H2,(H,18,21).